The van der Waals surface area contributed by atoms with Crippen LogP contribution in [0.1, 0.15) is 6.42 Å². The van der Waals surface area contributed by atoms with Crippen LogP contribution in [0.3, 0.4) is 0 Å². The minimum atomic E-state index is -0.861. The van der Waals surface area contributed by atoms with E-state index in [0.29, 0.717) is 0 Å². The molecule has 72 valence electrons. The topological polar surface area (TPSA) is 58.4 Å². The summed E-state index contributed by atoms with van der Waals surface area (Å²) in [5.74, 6) is 0. The highest BCUT2D eigenvalue weighted by molar-refractivity contribution is 6.62. The minimum absolute atomic E-state index is 0.787. The highest BCUT2D eigenvalue weighted by Crippen LogP contribution is 2.01. The van der Waals surface area contributed by atoms with Crippen molar-refractivity contribution in [3.05, 3.63) is 0 Å². The second kappa shape index (κ2) is 6.22. The fourth-order valence-corrected chi connectivity index (χ4v) is 1.08. The van der Waals surface area contributed by atoms with E-state index in [1.165, 1.54) is 19.5 Å². The molecule has 1 amide bonds. The first-order valence-electron chi connectivity index (χ1n) is 3.86. The first kappa shape index (κ1) is 11.7. The Morgan fingerprint density at radius 1 is 1.67 bits per heavy atom. The molecule has 5 heteroatoms. The van der Waals surface area contributed by atoms with Gasteiger partial charge in [-0.15, -0.1) is 0 Å². The Labute approximate surface area is 78.0 Å². The van der Waals surface area contributed by atoms with Crippen LogP contribution < -0.4 is 11.1 Å². The van der Waals surface area contributed by atoms with E-state index in [2.05, 4.69) is 41.6 Å². The zero-order chi connectivity index (χ0) is 9.56. The Balaban J connectivity index is 0.000000261. The van der Waals surface area contributed by atoms with Gasteiger partial charge in [-0.05, 0) is 38.7 Å². The van der Waals surface area contributed by atoms with Gasteiger partial charge < -0.3 is 16.0 Å². The van der Waals surface area contributed by atoms with Crippen molar-refractivity contribution < 1.29 is 4.79 Å². The van der Waals surface area contributed by atoms with Crippen molar-refractivity contribution in [1.82, 2.24) is 10.2 Å². The molecule has 4 nitrogen and oxygen atoms in total. The summed E-state index contributed by atoms with van der Waals surface area (Å²) in [5.41, 5.74) is 4.24. The molecule has 0 aliphatic carbocycles. The van der Waals surface area contributed by atoms with Crippen molar-refractivity contribution in [2.75, 3.05) is 27.2 Å². The van der Waals surface area contributed by atoms with Crippen LogP contribution in [0, 0.1) is 0 Å². The van der Waals surface area contributed by atoms with E-state index in [9.17, 15) is 0 Å². The van der Waals surface area contributed by atoms with Crippen LogP contribution in [0.15, 0.2) is 0 Å². The quantitative estimate of drug-likeness (QED) is 0.463. The second-order valence-corrected chi connectivity index (χ2v) is 3.29. The smallest absolute Gasteiger partial charge is 0.311 e. The number of likely N-dealkylation sites (N-methyl/N-ethyl adjacent to an activating group) is 1. The Morgan fingerprint density at radius 3 is 2.33 bits per heavy atom. The maximum atomic E-state index is 8.99. The van der Waals surface area contributed by atoms with Crippen LogP contribution in [0.25, 0.3) is 0 Å². The fraction of sp³-hybridized carbons (Fsp3) is 0.857. The van der Waals surface area contributed by atoms with E-state index in [4.69, 9.17) is 4.79 Å². The summed E-state index contributed by atoms with van der Waals surface area (Å²) in [6.07, 6.45) is 1.31. The molecule has 0 radical (unpaired) electrons. The Kier molecular flexibility index (Phi) is 6.06. The van der Waals surface area contributed by atoms with E-state index in [0.717, 1.165) is 6.04 Å². The molecule has 0 spiro atoms. The number of nitrogens with two attached hydrogens (primary N) is 1. The van der Waals surface area contributed by atoms with E-state index in [1.54, 1.807) is 0 Å². The number of primary amides is 1. The van der Waals surface area contributed by atoms with Crippen LogP contribution in [0.2, 0.25) is 0 Å². The van der Waals surface area contributed by atoms with Crippen molar-refractivity contribution in [3.8, 4) is 0 Å². The average Bonchev–Trinajstić information content (AvgIpc) is 2.34. The van der Waals surface area contributed by atoms with Crippen LogP contribution >= 0.6 is 11.6 Å². The molecular weight excluding hydrogens is 178 g/mol. The van der Waals surface area contributed by atoms with Crippen molar-refractivity contribution >= 4 is 17.0 Å². The summed E-state index contributed by atoms with van der Waals surface area (Å²) >= 11 is 4.41. The second-order valence-electron chi connectivity index (χ2n) is 2.91. The molecule has 0 aromatic heterocycles. The Morgan fingerprint density at radius 2 is 2.17 bits per heavy atom. The number of carbonyl (C=O) groups is 1. The van der Waals surface area contributed by atoms with Crippen molar-refractivity contribution in [1.29, 1.82) is 0 Å². The van der Waals surface area contributed by atoms with E-state index < -0.39 is 5.37 Å². The first-order chi connectivity index (χ1) is 5.54. The van der Waals surface area contributed by atoms with Crippen LogP contribution in [0.4, 0.5) is 4.79 Å². The number of carbonyl (C=O) groups excluding carboxylic acids is 1. The SMILES string of the molecule is CN(C)[C@H]1CCNC1.NC(=O)Cl. The number of amides is 1. The Bertz CT molecular complexity index is 131. The molecule has 1 rings (SSSR count). The highest BCUT2D eigenvalue weighted by Gasteiger charge is 2.14. The van der Waals surface area contributed by atoms with E-state index in [-0.39, 0.29) is 0 Å². The lowest BCUT2D eigenvalue weighted by Gasteiger charge is -2.16. The first-order valence-corrected chi connectivity index (χ1v) is 4.24. The molecule has 1 aliphatic rings. The fourth-order valence-electron chi connectivity index (χ4n) is 1.08. The summed E-state index contributed by atoms with van der Waals surface area (Å²) < 4.78 is 0. The van der Waals surface area contributed by atoms with Crippen molar-refractivity contribution in [2.45, 2.75) is 12.5 Å². The molecule has 12 heavy (non-hydrogen) atoms. The highest BCUT2D eigenvalue weighted by atomic mass is 35.5. The standard InChI is InChI=1S/C6H14N2.CH2ClNO/c1-8(2)6-3-4-7-5-6;2-1(3)4/h6-7H,3-5H2,1-2H3;(H2,3,4)/t6-;/m0./s1. The van der Waals surface area contributed by atoms with Gasteiger partial charge in [0.15, 0.2) is 0 Å². The number of nitrogens with zero attached hydrogens (tertiary/aromatic N) is 1. The lowest BCUT2D eigenvalue weighted by atomic mass is 10.2. The van der Waals surface area contributed by atoms with Crippen LogP contribution in [-0.4, -0.2) is 43.5 Å². The van der Waals surface area contributed by atoms with E-state index in [1.807, 2.05) is 0 Å². The molecule has 1 heterocycles. The predicted octanol–water partition coefficient (Wildman–Crippen LogP) is 0.214. The number of hydrogen-bond donors (Lipinski definition) is 2. The minimum Gasteiger partial charge on any atom is -0.356 e. The predicted molar refractivity (Wildman–Crippen MR) is 50.4 cm³/mol. The molecule has 3 N–H and O–H groups in total. The largest absolute Gasteiger partial charge is 0.356 e. The third kappa shape index (κ3) is 6.39. The van der Waals surface area contributed by atoms with Gasteiger partial charge in [0, 0.05) is 12.6 Å². The summed E-state index contributed by atoms with van der Waals surface area (Å²) in [5, 5.41) is 2.45. The summed E-state index contributed by atoms with van der Waals surface area (Å²) in [7, 11) is 4.27. The van der Waals surface area contributed by atoms with Crippen molar-refractivity contribution in [2.24, 2.45) is 5.73 Å². The zero-order valence-corrected chi connectivity index (χ0v) is 8.27. The van der Waals surface area contributed by atoms with Gasteiger partial charge >= 0.3 is 5.37 Å². The third-order valence-corrected chi connectivity index (χ3v) is 1.76. The maximum Gasteiger partial charge on any atom is 0.311 e. The Hall–Kier alpha value is -0.320. The zero-order valence-electron chi connectivity index (χ0n) is 7.51. The van der Waals surface area contributed by atoms with Gasteiger partial charge in [-0.2, -0.15) is 0 Å². The number of halogens is 1. The number of hydrogen-bond acceptors (Lipinski definition) is 3. The van der Waals surface area contributed by atoms with Gasteiger partial charge in [0.05, 0.1) is 0 Å². The van der Waals surface area contributed by atoms with Crippen LogP contribution in [0.5, 0.6) is 0 Å². The average molecular weight is 194 g/mol. The molecule has 1 atom stereocenters. The lowest BCUT2D eigenvalue weighted by Crippen LogP contribution is -2.29. The number of rotatable bonds is 1. The maximum absolute atomic E-state index is 8.99. The molecule has 0 aromatic carbocycles. The number of nitrogens with one attached hydrogen (secondary N) is 1. The van der Waals surface area contributed by atoms with Gasteiger partial charge in [0.2, 0.25) is 0 Å². The molecular formula is C7H16ClN3O. The van der Waals surface area contributed by atoms with Gasteiger partial charge in [-0.1, -0.05) is 0 Å². The molecule has 1 fully saturated rings. The van der Waals surface area contributed by atoms with Gasteiger partial charge in [-0.25, -0.2) is 0 Å². The molecule has 0 saturated carbocycles. The lowest BCUT2D eigenvalue weighted by molar-refractivity contribution is 0.266. The van der Waals surface area contributed by atoms with Crippen LogP contribution in [-0.2, 0) is 0 Å². The van der Waals surface area contributed by atoms with Gasteiger partial charge in [-0.3, -0.25) is 4.79 Å². The molecule has 0 aromatic rings. The summed E-state index contributed by atoms with van der Waals surface area (Å²) in [6.45, 7) is 2.37. The molecule has 1 saturated heterocycles. The monoisotopic (exact) mass is 193 g/mol. The summed E-state index contributed by atoms with van der Waals surface area (Å²) in [4.78, 5) is 11.3. The third-order valence-electron chi connectivity index (χ3n) is 1.76. The normalized spacial score (nSPS) is 21.8. The van der Waals surface area contributed by atoms with Crippen molar-refractivity contribution in [3.63, 3.8) is 0 Å². The molecule has 1 aliphatic heterocycles. The van der Waals surface area contributed by atoms with Gasteiger partial charge in [0.1, 0.15) is 0 Å². The molecule has 0 unspecified atom stereocenters. The van der Waals surface area contributed by atoms with E-state index >= 15 is 0 Å². The van der Waals surface area contributed by atoms with Gasteiger partial charge in [0.25, 0.3) is 0 Å². The molecule has 0 bridgehead atoms. The summed E-state index contributed by atoms with van der Waals surface area (Å²) in [6, 6.07) is 0.787.